The second-order valence-electron chi connectivity index (χ2n) is 5.29. The average molecular weight is 322 g/mol. The van der Waals surface area contributed by atoms with Crippen molar-refractivity contribution in [1.82, 2.24) is 4.90 Å². The Morgan fingerprint density at radius 3 is 2.17 bits per heavy atom. The van der Waals surface area contributed by atoms with E-state index in [9.17, 15) is 9.59 Å². The zero-order valence-electron chi connectivity index (χ0n) is 14.0. The van der Waals surface area contributed by atoms with Crippen LogP contribution in [0.4, 0.5) is 5.69 Å². The highest BCUT2D eigenvalue weighted by molar-refractivity contribution is 6.02. The van der Waals surface area contributed by atoms with Crippen LogP contribution in [0.2, 0.25) is 0 Å². The van der Waals surface area contributed by atoms with Gasteiger partial charge >= 0.3 is 0 Å². The van der Waals surface area contributed by atoms with Gasteiger partial charge in [-0.1, -0.05) is 30.3 Å². The minimum atomic E-state index is -0.207. The molecular formula is C20H22N2O2. The molecule has 0 saturated carbocycles. The average Bonchev–Trinajstić information content (AvgIpc) is 2.62. The van der Waals surface area contributed by atoms with Crippen LogP contribution in [-0.2, 0) is 4.79 Å². The largest absolute Gasteiger partial charge is 0.339 e. The molecule has 0 radical (unpaired) electrons. The Kier molecular flexibility index (Phi) is 6.32. The Bertz CT molecular complexity index is 702. The van der Waals surface area contributed by atoms with Gasteiger partial charge in [0.25, 0.3) is 5.91 Å². The fourth-order valence-corrected chi connectivity index (χ4v) is 2.31. The van der Waals surface area contributed by atoms with E-state index in [-0.39, 0.29) is 11.8 Å². The number of carbonyl (C=O) groups excluding carboxylic acids is 2. The van der Waals surface area contributed by atoms with Crippen LogP contribution in [-0.4, -0.2) is 29.8 Å². The SMILES string of the molecule is CCN(CC)C(=O)c1ccc(NC(=O)/C=C/c2ccccc2)cc1. The maximum absolute atomic E-state index is 12.2. The molecular weight excluding hydrogens is 300 g/mol. The van der Waals surface area contributed by atoms with Crippen molar-refractivity contribution >= 4 is 23.6 Å². The Hall–Kier alpha value is -2.88. The molecule has 2 rings (SSSR count). The van der Waals surface area contributed by atoms with Gasteiger partial charge < -0.3 is 10.2 Å². The van der Waals surface area contributed by atoms with Crippen molar-refractivity contribution in [3.8, 4) is 0 Å². The van der Waals surface area contributed by atoms with Gasteiger partial charge in [0.1, 0.15) is 0 Å². The first-order valence-corrected chi connectivity index (χ1v) is 8.07. The van der Waals surface area contributed by atoms with Gasteiger partial charge in [-0.25, -0.2) is 0 Å². The number of rotatable bonds is 6. The molecule has 124 valence electrons. The predicted molar refractivity (Wildman–Crippen MR) is 97.8 cm³/mol. The molecule has 0 aliphatic heterocycles. The van der Waals surface area contributed by atoms with Crippen LogP contribution in [0.1, 0.15) is 29.8 Å². The molecule has 2 aromatic rings. The minimum Gasteiger partial charge on any atom is -0.339 e. The molecule has 0 spiro atoms. The van der Waals surface area contributed by atoms with Gasteiger partial charge in [-0.3, -0.25) is 9.59 Å². The molecule has 0 aliphatic rings. The van der Waals surface area contributed by atoms with E-state index in [4.69, 9.17) is 0 Å². The molecule has 0 aromatic heterocycles. The van der Waals surface area contributed by atoms with E-state index in [1.165, 1.54) is 6.08 Å². The van der Waals surface area contributed by atoms with Crippen molar-refractivity contribution < 1.29 is 9.59 Å². The number of amides is 2. The maximum atomic E-state index is 12.2. The van der Waals surface area contributed by atoms with Crippen molar-refractivity contribution in [3.63, 3.8) is 0 Å². The molecule has 0 aliphatic carbocycles. The van der Waals surface area contributed by atoms with E-state index < -0.39 is 0 Å². The van der Waals surface area contributed by atoms with E-state index in [2.05, 4.69) is 5.32 Å². The summed E-state index contributed by atoms with van der Waals surface area (Å²) in [5.74, 6) is -0.205. The third-order valence-electron chi connectivity index (χ3n) is 3.68. The third-order valence-corrected chi connectivity index (χ3v) is 3.68. The molecule has 1 N–H and O–H groups in total. The quantitative estimate of drug-likeness (QED) is 0.822. The summed E-state index contributed by atoms with van der Waals surface area (Å²) in [6.45, 7) is 5.26. The van der Waals surface area contributed by atoms with Crippen LogP contribution in [0, 0.1) is 0 Å². The number of nitrogens with one attached hydrogen (secondary N) is 1. The Balaban J connectivity index is 1.97. The lowest BCUT2D eigenvalue weighted by Gasteiger charge is -2.18. The van der Waals surface area contributed by atoms with E-state index in [0.717, 1.165) is 5.56 Å². The topological polar surface area (TPSA) is 49.4 Å². The van der Waals surface area contributed by atoms with E-state index in [0.29, 0.717) is 24.3 Å². The summed E-state index contributed by atoms with van der Waals surface area (Å²) >= 11 is 0. The van der Waals surface area contributed by atoms with Crippen molar-refractivity contribution in [2.75, 3.05) is 18.4 Å². The van der Waals surface area contributed by atoms with Crippen LogP contribution in [0.5, 0.6) is 0 Å². The second kappa shape index (κ2) is 8.67. The number of hydrogen-bond donors (Lipinski definition) is 1. The van der Waals surface area contributed by atoms with Gasteiger partial charge in [0, 0.05) is 30.4 Å². The van der Waals surface area contributed by atoms with Gasteiger partial charge in [-0.2, -0.15) is 0 Å². The first-order valence-electron chi connectivity index (χ1n) is 8.07. The summed E-state index contributed by atoms with van der Waals surface area (Å²) in [4.78, 5) is 25.9. The van der Waals surface area contributed by atoms with Crippen molar-refractivity contribution in [2.24, 2.45) is 0 Å². The highest BCUT2D eigenvalue weighted by atomic mass is 16.2. The maximum Gasteiger partial charge on any atom is 0.253 e. The smallest absolute Gasteiger partial charge is 0.253 e. The van der Waals surface area contributed by atoms with Gasteiger partial charge in [-0.05, 0) is 49.8 Å². The fraction of sp³-hybridized carbons (Fsp3) is 0.200. The van der Waals surface area contributed by atoms with Crippen LogP contribution in [0.25, 0.3) is 6.08 Å². The first-order chi connectivity index (χ1) is 11.6. The zero-order valence-corrected chi connectivity index (χ0v) is 14.0. The first kappa shape index (κ1) is 17.5. The standard InChI is InChI=1S/C20H22N2O2/c1-3-22(4-2)20(24)17-11-13-18(14-12-17)21-19(23)15-10-16-8-6-5-7-9-16/h5-15H,3-4H2,1-2H3,(H,21,23)/b15-10+. The molecule has 2 aromatic carbocycles. The summed E-state index contributed by atoms with van der Waals surface area (Å²) in [5, 5.41) is 2.78. The van der Waals surface area contributed by atoms with E-state index >= 15 is 0 Å². The molecule has 0 fully saturated rings. The Morgan fingerprint density at radius 2 is 1.58 bits per heavy atom. The van der Waals surface area contributed by atoms with Crippen molar-refractivity contribution in [1.29, 1.82) is 0 Å². The van der Waals surface area contributed by atoms with Gasteiger partial charge in [0.2, 0.25) is 5.91 Å². The highest BCUT2D eigenvalue weighted by Crippen LogP contribution is 2.12. The molecule has 0 unspecified atom stereocenters. The number of carbonyl (C=O) groups is 2. The lowest BCUT2D eigenvalue weighted by atomic mass is 10.1. The molecule has 4 heteroatoms. The summed E-state index contributed by atoms with van der Waals surface area (Å²) in [6, 6.07) is 16.6. The van der Waals surface area contributed by atoms with Crippen LogP contribution >= 0.6 is 0 Å². The summed E-state index contributed by atoms with van der Waals surface area (Å²) < 4.78 is 0. The van der Waals surface area contributed by atoms with Crippen LogP contribution in [0.3, 0.4) is 0 Å². The summed E-state index contributed by atoms with van der Waals surface area (Å²) in [5.41, 5.74) is 2.25. The highest BCUT2D eigenvalue weighted by Gasteiger charge is 2.11. The molecule has 0 saturated heterocycles. The molecule has 0 heterocycles. The van der Waals surface area contributed by atoms with E-state index in [1.807, 2.05) is 44.2 Å². The van der Waals surface area contributed by atoms with Gasteiger partial charge in [0.15, 0.2) is 0 Å². The normalized spacial score (nSPS) is 10.6. The zero-order chi connectivity index (χ0) is 17.4. The van der Waals surface area contributed by atoms with Gasteiger partial charge in [-0.15, -0.1) is 0 Å². The number of benzene rings is 2. The van der Waals surface area contributed by atoms with Crippen LogP contribution in [0.15, 0.2) is 60.7 Å². The van der Waals surface area contributed by atoms with Crippen LogP contribution < -0.4 is 5.32 Å². The lowest BCUT2D eigenvalue weighted by Crippen LogP contribution is -2.30. The molecule has 0 bridgehead atoms. The second-order valence-corrected chi connectivity index (χ2v) is 5.29. The fourth-order valence-electron chi connectivity index (χ4n) is 2.31. The predicted octanol–water partition coefficient (Wildman–Crippen LogP) is 3.82. The molecule has 0 atom stereocenters. The van der Waals surface area contributed by atoms with Crippen molar-refractivity contribution in [3.05, 3.63) is 71.8 Å². The Morgan fingerprint density at radius 1 is 0.958 bits per heavy atom. The third kappa shape index (κ3) is 4.81. The lowest BCUT2D eigenvalue weighted by molar-refractivity contribution is -0.111. The van der Waals surface area contributed by atoms with Gasteiger partial charge in [0.05, 0.1) is 0 Å². The number of anilines is 1. The number of nitrogens with zero attached hydrogens (tertiary/aromatic N) is 1. The molecule has 2 amide bonds. The summed E-state index contributed by atoms with van der Waals surface area (Å²) in [6.07, 6.45) is 3.25. The Labute approximate surface area is 142 Å². The minimum absolute atomic E-state index is 0.00171. The molecule has 24 heavy (non-hydrogen) atoms. The van der Waals surface area contributed by atoms with E-state index in [1.54, 1.807) is 35.2 Å². The monoisotopic (exact) mass is 322 g/mol. The molecule has 4 nitrogen and oxygen atoms in total. The number of hydrogen-bond acceptors (Lipinski definition) is 2. The summed E-state index contributed by atoms with van der Waals surface area (Å²) in [7, 11) is 0. The van der Waals surface area contributed by atoms with Crippen molar-refractivity contribution in [2.45, 2.75) is 13.8 Å².